The fourth-order valence-corrected chi connectivity index (χ4v) is 0.571. The molecular weight excluding hydrogens is 164 g/mol. The SMILES string of the molecule is CCC(=O)N(O)CCC(=O)NO. The summed E-state index contributed by atoms with van der Waals surface area (Å²) in [5.41, 5.74) is 1.39. The van der Waals surface area contributed by atoms with Gasteiger partial charge >= 0.3 is 0 Å². The Morgan fingerprint density at radius 1 is 1.50 bits per heavy atom. The second-order valence-electron chi connectivity index (χ2n) is 2.16. The van der Waals surface area contributed by atoms with Crippen molar-refractivity contribution in [3.63, 3.8) is 0 Å². The third kappa shape index (κ3) is 3.89. The minimum Gasteiger partial charge on any atom is -0.289 e. The Kier molecular flexibility index (Phi) is 4.98. The van der Waals surface area contributed by atoms with E-state index in [0.717, 1.165) is 0 Å². The van der Waals surface area contributed by atoms with Crippen molar-refractivity contribution in [1.82, 2.24) is 10.5 Å². The standard InChI is InChI=1S/C6H12N2O4/c1-2-6(10)8(12)4-3-5(9)7-11/h11-12H,2-4H2,1H3,(H,7,9). The Balaban J connectivity index is 3.63. The highest BCUT2D eigenvalue weighted by molar-refractivity contribution is 5.77. The maximum atomic E-state index is 10.7. The number of amides is 2. The molecular formula is C6H12N2O4. The predicted octanol–water partition coefficient (Wildman–Crippen LogP) is -0.490. The highest BCUT2D eigenvalue weighted by Gasteiger charge is 2.09. The number of rotatable bonds is 4. The molecule has 6 heteroatoms. The molecule has 6 nitrogen and oxygen atoms in total. The summed E-state index contributed by atoms with van der Waals surface area (Å²) in [7, 11) is 0. The molecule has 0 radical (unpaired) electrons. The molecule has 0 aromatic rings. The van der Waals surface area contributed by atoms with E-state index < -0.39 is 11.8 Å². The first kappa shape index (κ1) is 10.9. The minimum absolute atomic E-state index is 0.112. The van der Waals surface area contributed by atoms with Gasteiger partial charge in [-0.15, -0.1) is 0 Å². The largest absolute Gasteiger partial charge is 0.289 e. The topological polar surface area (TPSA) is 89.9 Å². The van der Waals surface area contributed by atoms with E-state index in [-0.39, 0.29) is 19.4 Å². The number of nitrogens with one attached hydrogen (secondary N) is 1. The van der Waals surface area contributed by atoms with Gasteiger partial charge in [0.15, 0.2) is 0 Å². The van der Waals surface area contributed by atoms with Crippen LogP contribution in [0.2, 0.25) is 0 Å². The van der Waals surface area contributed by atoms with Gasteiger partial charge in [0, 0.05) is 12.8 Å². The van der Waals surface area contributed by atoms with Gasteiger partial charge < -0.3 is 0 Å². The molecule has 0 aromatic heterocycles. The van der Waals surface area contributed by atoms with E-state index in [9.17, 15) is 9.59 Å². The Bertz CT molecular complexity index is 171. The van der Waals surface area contributed by atoms with E-state index in [1.54, 1.807) is 6.92 Å². The molecule has 0 atom stereocenters. The third-order valence-electron chi connectivity index (χ3n) is 1.27. The molecule has 0 spiro atoms. The Hall–Kier alpha value is -1.14. The summed E-state index contributed by atoms with van der Waals surface area (Å²) >= 11 is 0. The quantitative estimate of drug-likeness (QED) is 0.398. The maximum absolute atomic E-state index is 10.7. The predicted molar refractivity (Wildman–Crippen MR) is 38.3 cm³/mol. The number of carbonyl (C=O) groups is 2. The summed E-state index contributed by atoms with van der Waals surface area (Å²) in [5, 5.41) is 17.4. The van der Waals surface area contributed by atoms with Crippen LogP contribution in [0.25, 0.3) is 0 Å². The Labute approximate surface area is 69.7 Å². The van der Waals surface area contributed by atoms with Crippen LogP contribution >= 0.6 is 0 Å². The lowest BCUT2D eigenvalue weighted by molar-refractivity contribution is -0.166. The van der Waals surface area contributed by atoms with Gasteiger partial charge in [-0.05, 0) is 0 Å². The molecule has 12 heavy (non-hydrogen) atoms. The summed E-state index contributed by atoms with van der Waals surface area (Å²) in [6.07, 6.45) is 0.0516. The van der Waals surface area contributed by atoms with E-state index in [2.05, 4.69) is 0 Å². The van der Waals surface area contributed by atoms with Gasteiger partial charge in [0.25, 0.3) is 0 Å². The van der Waals surface area contributed by atoms with Crippen molar-refractivity contribution in [3.8, 4) is 0 Å². The van der Waals surface area contributed by atoms with Crippen molar-refractivity contribution in [2.24, 2.45) is 0 Å². The molecule has 0 rings (SSSR count). The molecule has 0 aliphatic heterocycles. The lowest BCUT2D eigenvalue weighted by atomic mass is 10.4. The summed E-state index contributed by atoms with van der Waals surface area (Å²) < 4.78 is 0. The smallest absolute Gasteiger partial charge is 0.245 e. The molecule has 0 bridgehead atoms. The second kappa shape index (κ2) is 5.50. The summed E-state index contributed by atoms with van der Waals surface area (Å²) in [6.45, 7) is 1.48. The van der Waals surface area contributed by atoms with Gasteiger partial charge in [-0.2, -0.15) is 0 Å². The number of carbonyl (C=O) groups excluding carboxylic acids is 2. The highest BCUT2D eigenvalue weighted by Crippen LogP contribution is 1.91. The molecule has 0 aliphatic rings. The molecule has 0 unspecified atom stereocenters. The Morgan fingerprint density at radius 2 is 2.08 bits per heavy atom. The van der Waals surface area contributed by atoms with Crippen LogP contribution in [0.1, 0.15) is 19.8 Å². The van der Waals surface area contributed by atoms with Crippen LogP contribution in [0.5, 0.6) is 0 Å². The van der Waals surface area contributed by atoms with Gasteiger partial charge in [-0.1, -0.05) is 6.92 Å². The van der Waals surface area contributed by atoms with Crippen molar-refractivity contribution >= 4 is 11.8 Å². The monoisotopic (exact) mass is 176 g/mol. The van der Waals surface area contributed by atoms with Crippen LogP contribution in [0.4, 0.5) is 0 Å². The van der Waals surface area contributed by atoms with Crippen LogP contribution in [0.15, 0.2) is 0 Å². The molecule has 0 fully saturated rings. The van der Waals surface area contributed by atoms with Crippen molar-refractivity contribution in [1.29, 1.82) is 0 Å². The van der Waals surface area contributed by atoms with Crippen LogP contribution < -0.4 is 5.48 Å². The van der Waals surface area contributed by atoms with E-state index in [4.69, 9.17) is 10.4 Å². The molecule has 0 aliphatic carbocycles. The van der Waals surface area contributed by atoms with Crippen LogP contribution in [0, 0.1) is 0 Å². The first-order chi connectivity index (χ1) is 5.61. The van der Waals surface area contributed by atoms with E-state index in [1.165, 1.54) is 5.48 Å². The molecule has 70 valence electrons. The molecule has 0 saturated carbocycles. The van der Waals surface area contributed by atoms with E-state index in [1.807, 2.05) is 0 Å². The van der Waals surface area contributed by atoms with Gasteiger partial charge in [-0.25, -0.2) is 10.5 Å². The summed E-state index contributed by atoms with van der Waals surface area (Å²) in [4.78, 5) is 21.1. The zero-order valence-electron chi connectivity index (χ0n) is 6.78. The van der Waals surface area contributed by atoms with Crippen LogP contribution in [-0.4, -0.2) is 33.8 Å². The number of hydrogen-bond acceptors (Lipinski definition) is 4. The summed E-state index contributed by atoms with van der Waals surface area (Å²) in [6, 6.07) is 0. The maximum Gasteiger partial charge on any atom is 0.245 e. The van der Waals surface area contributed by atoms with Gasteiger partial charge in [0.2, 0.25) is 11.8 Å². The van der Waals surface area contributed by atoms with E-state index in [0.29, 0.717) is 5.06 Å². The first-order valence-corrected chi connectivity index (χ1v) is 3.54. The van der Waals surface area contributed by atoms with Crippen molar-refractivity contribution in [2.75, 3.05) is 6.54 Å². The number of hydroxylamine groups is 3. The minimum atomic E-state index is -0.641. The molecule has 0 aromatic carbocycles. The molecule has 0 heterocycles. The van der Waals surface area contributed by atoms with Gasteiger partial charge in [0.05, 0.1) is 6.54 Å². The second-order valence-corrected chi connectivity index (χ2v) is 2.16. The van der Waals surface area contributed by atoms with Gasteiger partial charge in [-0.3, -0.25) is 20.0 Å². The zero-order valence-corrected chi connectivity index (χ0v) is 6.78. The van der Waals surface area contributed by atoms with Crippen LogP contribution in [0.3, 0.4) is 0 Å². The number of nitrogens with zero attached hydrogens (tertiary/aromatic N) is 1. The molecule has 2 amide bonds. The fourth-order valence-electron chi connectivity index (χ4n) is 0.571. The zero-order chi connectivity index (χ0) is 9.56. The molecule has 0 saturated heterocycles. The molecule has 3 N–H and O–H groups in total. The van der Waals surface area contributed by atoms with E-state index >= 15 is 0 Å². The lowest BCUT2D eigenvalue weighted by Gasteiger charge is -2.12. The number of hydrogen-bond donors (Lipinski definition) is 3. The fraction of sp³-hybridized carbons (Fsp3) is 0.667. The highest BCUT2D eigenvalue weighted by atomic mass is 16.5. The normalized spacial score (nSPS) is 9.25. The van der Waals surface area contributed by atoms with Gasteiger partial charge in [0.1, 0.15) is 0 Å². The first-order valence-electron chi connectivity index (χ1n) is 3.54. The Morgan fingerprint density at radius 3 is 2.50 bits per heavy atom. The average Bonchev–Trinajstić information content (AvgIpc) is 2.11. The lowest BCUT2D eigenvalue weighted by Crippen LogP contribution is -2.31. The van der Waals surface area contributed by atoms with Crippen LogP contribution in [-0.2, 0) is 9.59 Å². The van der Waals surface area contributed by atoms with Crippen molar-refractivity contribution < 1.29 is 20.0 Å². The van der Waals surface area contributed by atoms with Crippen molar-refractivity contribution in [2.45, 2.75) is 19.8 Å². The summed E-state index contributed by atoms with van der Waals surface area (Å²) in [5.74, 6) is -1.10. The average molecular weight is 176 g/mol. The third-order valence-corrected chi connectivity index (χ3v) is 1.27. The van der Waals surface area contributed by atoms with Crippen molar-refractivity contribution in [3.05, 3.63) is 0 Å².